The van der Waals surface area contributed by atoms with E-state index < -0.39 is 6.10 Å². The van der Waals surface area contributed by atoms with Gasteiger partial charge in [0.05, 0.1) is 19.3 Å². The van der Waals surface area contributed by atoms with Crippen LogP contribution in [0.5, 0.6) is 0 Å². The van der Waals surface area contributed by atoms with Crippen molar-refractivity contribution in [1.82, 2.24) is 10.2 Å². The Hall–Kier alpha value is -1.79. The Morgan fingerprint density at radius 3 is 2.83 bits per heavy atom. The van der Waals surface area contributed by atoms with Gasteiger partial charge in [0.1, 0.15) is 0 Å². The third-order valence-corrected chi connectivity index (χ3v) is 4.46. The number of piperidine rings is 1. The van der Waals surface area contributed by atoms with Gasteiger partial charge in [-0.25, -0.2) is 4.79 Å². The topological polar surface area (TPSA) is 65.0 Å². The molecule has 0 radical (unpaired) electrons. The van der Waals surface area contributed by atoms with E-state index in [4.69, 9.17) is 4.74 Å². The maximum atomic E-state index is 12.3. The maximum Gasteiger partial charge on any atom is 0.317 e. The number of nitrogens with zero attached hydrogens (tertiary/aromatic N) is 2. The van der Waals surface area contributed by atoms with Crippen molar-refractivity contribution >= 4 is 11.7 Å². The first kappa shape index (κ1) is 16.1. The lowest BCUT2D eigenvalue weighted by Gasteiger charge is -2.32. The van der Waals surface area contributed by atoms with E-state index in [-0.39, 0.29) is 6.03 Å². The number of anilines is 1. The van der Waals surface area contributed by atoms with E-state index >= 15 is 0 Å². The van der Waals surface area contributed by atoms with Gasteiger partial charge >= 0.3 is 6.03 Å². The van der Waals surface area contributed by atoms with Crippen LogP contribution in [-0.2, 0) is 11.3 Å². The second-order valence-corrected chi connectivity index (χ2v) is 6.13. The third-order valence-electron chi connectivity index (χ3n) is 4.46. The highest BCUT2D eigenvalue weighted by Crippen LogP contribution is 2.21. The van der Waals surface area contributed by atoms with Crippen LogP contribution in [0, 0.1) is 0 Å². The smallest absolute Gasteiger partial charge is 0.317 e. The van der Waals surface area contributed by atoms with E-state index in [0.29, 0.717) is 19.6 Å². The number of β-amino-alcohol motifs (C(OH)–C–C–N with tert-alkyl or cyclic N) is 1. The number of urea groups is 1. The van der Waals surface area contributed by atoms with Gasteiger partial charge in [0, 0.05) is 38.4 Å². The Bertz CT molecular complexity index is 532. The molecule has 0 unspecified atom stereocenters. The van der Waals surface area contributed by atoms with Crippen LogP contribution in [0.4, 0.5) is 10.5 Å². The van der Waals surface area contributed by atoms with Crippen molar-refractivity contribution in [3.63, 3.8) is 0 Å². The number of benzene rings is 1. The third kappa shape index (κ3) is 4.14. The van der Waals surface area contributed by atoms with Gasteiger partial charge in [-0.1, -0.05) is 18.2 Å². The Morgan fingerprint density at radius 1 is 1.26 bits per heavy atom. The first-order valence-electron chi connectivity index (χ1n) is 8.35. The van der Waals surface area contributed by atoms with Gasteiger partial charge in [0.2, 0.25) is 0 Å². The average molecular weight is 319 g/mol. The summed E-state index contributed by atoms with van der Waals surface area (Å²) >= 11 is 0. The first-order valence-corrected chi connectivity index (χ1v) is 8.35. The average Bonchev–Trinajstić information content (AvgIpc) is 2.60. The molecule has 1 aromatic carbocycles. The van der Waals surface area contributed by atoms with Gasteiger partial charge in [0.25, 0.3) is 0 Å². The molecule has 0 bridgehead atoms. The van der Waals surface area contributed by atoms with Crippen LogP contribution in [-0.4, -0.2) is 61.5 Å². The number of aliphatic hydroxyl groups is 1. The molecular formula is C17H25N3O3. The van der Waals surface area contributed by atoms with E-state index in [1.807, 2.05) is 12.1 Å². The molecule has 2 aliphatic heterocycles. The molecule has 0 spiro atoms. The molecule has 23 heavy (non-hydrogen) atoms. The number of amides is 2. The van der Waals surface area contributed by atoms with Crippen molar-refractivity contribution in [1.29, 1.82) is 0 Å². The van der Waals surface area contributed by atoms with Gasteiger partial charge in [0.15, 0.2) is 0 Å². The van der Waals surface area contributed by atoms with E-state index in [1.54, 1.807) is 4.90 Å². The first-order chi connectivity index (χ1) is 11.2. The van der Waals surface area contributed by atoms with Crippen molar-refractivity contribution in [3.8, 4) is 0 Å². The molecule has 126 valence electrons. The number of morpholine rings is 1. The minimum atomic E-state index is -0.393. The maximum absolute atomic E-state index is 12.3. The van der Waals surface area contributed by atoms with Crippen molar-refractivity contribution in [2.24, 2.45) is 0 Å². The number of nitrogens with one attached hydrogen (secondary N) is 1. The Balaban J connectivity index is 1.60. The zero-order chi connectivity index (χ0) is 16.1. The predicted molar refractivity (Wildman–Crippen MR) is 88.5 cm³/mol. The number of carbonyl (C=O) groups is 1. The van der Waals surface area contributed by atoms with E-state index in [1.165, 1.54) is 0 Å². The highest BCUT2D eigenvalue weighted by molar-refractivity contribution is 5.74. The summed E-state index contributed by atoms with van der Waals surface area (Å²) in [6.07, 6.45) is 1.25. The molecule has 0 aromatic heterocycles. The zero-order valence-electron chi connectivity index (χ0n) is 13.4. The predicted octanol–water partition coefficient (Wildman–Crippen LogP) is 1.19. The number of para-hydroxylation sites is 1. The summed E-state index contributed by atoms with van der Waals surface area (Å²) in [7, 11) is 0. The van der Waals surface area contributed by atoms with Crippen LogP contribution >= 0.6 is 0 Å². The number of hydrogen-bond donors (Lipinski definition) is 2. The van der Waals surface area contributed by atoms with Crippen molar-refractivity contribution in [2.45, 2.75) is 25.5 Å². The van der Waals surface area contributed by atoms with Crippen molar-refractivity contribution in [2.75, 3.05) is 44.3 Å². The molecule has 2 heterocycles. The number of rotatable bonds is 3. The summed E-state index contributed by atoms with van der Waals surface area (Å²) in [6.45, 7) is 4.88. The van der Waals surface area contributed by atoms with Crippen molar-refractivity contribution < 1.29 is 14.6 Å². The molecular weight excluding hydrogens is 294 g/mol. The SMILES string of the molecule is O=C(NCc1ccccc1N1CCOCC1)N1CCC[C@H](O)C1. The molecule has 2 N–H and O–H groups in total. The van der Waals surface area contributed by atoms with Gasteiger partial charge in [-0.2, -0.15) is 0 Å². The van der Waals surface area contributed by atoms with E-state index in [2.05, 4.69) is 22.3 Å². The van der Waals surface area contributed by atoms with E-state index in [0.717, 1.165) is 50.4 Å². The molecule has 0 aliphatic carbocycles. The Morgan fingerprint density at radius 2 is 2.04 bits per heavy atom. The minimum absolute atomic E-state index is 0.0967. The fourth-order valence-corrected chi connectivity index (χ4v) is 3.19. The zero-order valence-corrected chi connectivity index (χ0v) is 13.4. The number of carbonyl (C=O) groups excluding carboxylic acids is 1. The summed E-state index contributed by atoms with van der Waals surface area (Å²) in [5.74, 6) is 0. The highest BCUT2D eigenvalue weighted by atomic mass is 16.5. The molecule has 1 aromatic rings. The Labute approximate surface area is 137 Å². The summed E-state index contributed by atoms with van der Waals surface area (Å²) in [4.78, 5) is 16.3. The minimum Gasteiger partial charge on any atom is -0.391 e. The quantitative estimate of drug-likeness (QED) is 0.878. The largest absolute Gasteiger partial charge is 0.391 e. The van der Waals surface area contributed by atoms with Crippen LogP contribution in [0.1, 0.15) is 18.4 Å². The van der Waals surface area contributed by atoms with Crippen LogP contribution in [0.15, 0.2) is 24.3 Å². The molecule has 2 amide bonds. The standard InChI is InChI=1S/C17H25N3O3/c21-15-5-3-7-20(13-15)17(22)18-12-14-4-1-2-6-16(14)19-8-10-23-11-9-19/h1-2,4,6,15,21H,3,5,7-13H2,(H,18,22)/t15-/m0/s1. The molecule has 2 saturated heterocycles. The summed E-state index contributed by atoms with van der Waals surface area (Å²) in [5.41, 5.74) is 2.27. The fraction of sp³-hybridized carbons (Fsp3) is 0.588. The molecule has 0 saturated carbocycles. The Kier molecular flexibility index (Phi) is 5.35. The van der Waals surface area contributed by atoms with Gasteiger partial charge in [-0.15, -0.1) is 0 Å². The van der Waals surface area contributed by atoms with Crippen molar-refractivity contribution in [3.05, 3.63) is 29.8 Å². The summed E-state index contributed by atoms with van der Waals surface area (Å²) < 4.78 is 5.41. The molecule has 2 aliphatic rings. The van der Waals surface area contributed by atoms with Crippen LogP contribution in [0.25, 0.3) is 0 Å². The van der Waals surface area contributed by atoms with Crippen LogP contribution in [0.3, 0.4) is 0 Å². The van der Waals surface area contributed by atoms with E-state index in [9.17, 15) is 9.90 Å². The second-order valence-electron chi connectivity index (χ2n) is 6.13. The monoisotopic (exact) mass is 319 g/mol. The molecule has 6 nitrogen and oxygen atoms in total. The van der Waals surface area contributed by atoms with Gasteiger partial charge in [-0.3, -0.25) is 0 Å². The van der Waals surface area contributed by atoms with Crippen LogP contribution < -0.4 is 10.2 Å². The molecule has 6 heteroatoms. The molecule has 1 atom stereocenters. The molecule has 2 fully saturated rings. The summed E-state index contributed by atoms with van der Waals surface area (Å²) in [6, 6.07) is 8.07. The van der Waals surface area contributed by atoms with Gasteiger partial charge in [-0.05, 0) is 24.5 Å². The number of likely N-dealkylation sites (tertiary alicyclic amines) is 1. The number of aliphatic hydroxyl groups excluding tert-OH is 1. The normalized spacial score (nSPS) is 22.0. The summed E-state index contributed by atoms with van der Waals surface area (Å²) in [5, 5.41) is 12.7. The molecule has 3 rings (SSSR count). The lowest BCUT2D eigenvalue weighted by molar-refractivity contribution is 0.0842. The lowest BCUT2D eigenvalue weighted by atomic mass is 10.1. The van der Waals surface area contributed by atoms with Crippen LogP contribution in [0.2, 0.25) is 0 Å². The van der Waals surface area contributed by atoms with Gasteiger partial charge < -0.3 is 25.0 Å². The number of ether oxygens (including phenoxy) is 1. The second kappa shape index (κ2) is 7.66. The lowest BCUT2D eigenvalue weighted by Crippen LogP contribution is -2.47. The fourth-order valence-electron chi connectivity index (χ4n) is 3.19. The highest BCUT2D eigenvalue weighted by Gasteiger charge is 2.22. The number of hydrogen-bond acceptors (Lipinski definition) is 4.